The Hall–Kier alpha value is -0.340. The molecule has 0 saturated carbocycles. The molecule has 1 atom stereocenters. The fourth-order valence-corrected chi connectivity index (χ4v) is 0.788. The second kappa shape index (κ2) is 6.78. The second-order valence-electron chi connectivity index (χ2n) is 2.32. The second-order valence-corrected chi connectivity index (χ2v) is 2.32. The van der Waals surface area contributed by atoms with E-state index < -0.39 is 0 Å². The Morgan fingerprint density at radius 1 is 1.60 bits per heavy atom. The van der Waals surface area contributed by atoms with Crippen molar-refractivity contribution in [2.24, 2.45) is 0 Å². The fourth-order valence-electron chi connectivity index (χ4n) is 0.788. The molecule has 0 amide bonds. The highest BCUT2D eigenvalue weighted by atomic mass is 15.1. The summed E-state index contributed by atoms with van der Waals surface area (Å²) in [5.74, 6) is 0. The van der Waals surface area contributed by atoms with Crippen LogP contribution in [0.2, 0.25) is 0 Å². The van der Waals surface area contributed by atoms with Crippen LogP contribution in [0.3, 0.4) is 0 Å². The smallest absolute Gasteiger partial charge is 0.0604 e. The Morgan fingerprint density at radius 2 is 2.30 bits per heavy atom. The Morgan fingerprint density at radius 3 is 2.70 bits per heavy atom. The molecule has 0 aromatic heterocycles. The summed E-state index contributed by atoms with van der Waals surface area (Å²) in [6, 6.07) is 0. The van der Waals surface area contributed by atoms with E-state index in [1.165, 1.54) is 6.42 Å². The minimum absolute atomic E-state index is 0.400. The maximum atomic E-state index is 3.68. The molecule has 0 saturated heterocycles. The van der Waals surface area contributed by atoms with Crippen molar-refractivity contribution in [3.8, 4) is 0 Å². The van der Waals surface area contributed by atoms with Gasteiger partial charge < -0.3 is 10.6 Å². The van der Waals surface area contributed by atoms with Crippen LogP contribution in [0, 0.1) is 0 Å². The van der Waals surface area contributed by atoms with E-state index in [1.54, 1.807) is 0 Å². The van der Waals surface area contributed by atoms with Crippen LogP contribution in [-0.4, -0.2) is 19.8 Å². The SMILES string of the molecule is C=CCC(NC)NCCC. The minimum Gasteiger partial charge on any atom is -0.305 e. The third-order valence-electron chi connectivity index (χ3n) is 1.39. The molecular formula is C8H18N2. The van der Waals surface area contributed by atoms with Crippen molar-refractivity contribution in [1.29, 1.82) is 0 Å². The van der Waals surface area contributed by atoms with Crippen molar-refractivity contribution in [3.05, 3.63) is 12.7 Å². The maximum Gasteiger partial charge on any atom is 0.0604 e. The van der Waals surface area contributed by atoms with Crippen molar-refractivity contribution in [1.82, 2.24) is 10.6 Å². The third kappa shape index (κ3) is 4.53. The van der Waals surface area contributed by atoms with Gasteiger partial charge in [-0.05, 0) is 26.4 Å². The van der Waals surface area contributed by atoms with Gasteiger partial charge in [0.15, 0.2) is 0 Å². The lowest BCUT2D eigenvalue weighted by Gasteiger charge is -2.14. The number of nitrogens with one attached hydrogen (secondary N) is 2. The summed E-state index contributed by atoms with van der Waals surface area (Å²) in [5.41, 5.74) is 0. The van der Waals surface area contributed by atoms with E-state index in [9.17, 15) is 0 Å². The lowest BCUT2D eigenvalue weighted by atomic mass is 10.3. The quantitative estimate of drug-likeness (QED) is 0.429. The Bertz CT molecular complexity index is 81.3. The molecule has 0 radical (unpaired) electrons. The van der Waals surface area contributed by atoms with Gasteiger partial charge in [-0.1, -0.05) is 13.0 Å². The minimum atomic E-state index is 0.400. The van der Waals surface area contributed by atoms with E-state index in [2.05, 4.69) is 24.1 Å². The molecule has 0 aromatic carbocycles. The van der Waals surface area contributed by atoms with Crippen LogP contribution in [0.5, 0.6) is 0 Å². The third-order valence-corrected chi connectivity index (χ3v) is 1.39. The van der Waals surface area contributed by atoms with E-state index in [0.29, 0.717) is 6.17 Å². The van der Waals surface area contributed by atoms with Gasteiger partial charge >= 0.3 is 0 Å². The number of hydrogen-bond acceptors (Lipinski definition) is 2. The molecule has 10 heavy (non-hydrogen) atoms. The Balaban J connectivity index is 3.29. The van der Waals surface area contributed by atoms with Crippen LogP contribution in [0.1, 0.15) is 19.8 Å². The lowest BCUT2D eigenvalue weighted by molar-refractivity contribution is 0.460. The molecule has 2 heteroatoms. The molecule has 2 N–H and O–H groups in total. The largest absolute Gasteiger partial charge is 0.305 e. The molecule has 60 valence electrons. The lowest BCUT2D eigenvalue weighted by Crippen LogP contribution is -2.39. The van der Waals surface area contributed by atoms with Gasteiger partial charge in [0.1, 0.15) is 0 Å². The first-order valence-corrected chi connectivity index (χ1v) is 3.86. The fraction of sp³-hybridized carbons (Fsp3) is 0.750. The molecule has 0 fully saturated rings. The van der Waals surface area contributed by atoms with Gasteiger partial charge in [-0.15, -0.1) is 6.58 Å². The van der Waals surface area contributed by atoms with E-state index in [4.69, 9.17) is 0 Å². The van der Waals surface area contributed by atoms with Gasteiger partial charge in [0.25, 0.3) is 0 Å². The van der Waals surface area contributed by atoms with Gasteiger partial charge in [-0.3, -0.25) is 0 Å². The van der Waals surface area contributed by atoms with Crippen molar-refractivity contribution >= 4 is 0 Å². The zero-order valence-corrected chi connectivity index (χ0v) is 6.98. The summed E-state index contributed by atoms with van der Waals surface area (Å²) in [5, 5.41) is 6.49. The van der Waals surface area contributed by atoms with E-state index in [1.807, 2.05) is 13.1 Å². The van der Waals surface area contributed by atoms with Crippen LogP contribution in [0.15, 0.2) is 12.7 Å². The average molecular weight is 142 g/mol. The molecule has 0 rings (SSSR count). The Labute approximate surface area is 63.7 Å². The molecule has 0 bridgehead atoms. The molecule has 0 aromatic rings. The van der Waals surface area contributed by atoms with Gasteiger partial charge in [0.05, 0.1) is 6.17 Å². The van der Waals surface area contributed by atoms with Crippen molar-refractivity contribution < 1.29 is 0 Å². The van der Waals surface area contributed by atoms with Crippen molar-refractivity contribution in [3.63, 3.8) is 0 Å². The predicted octanol–water partition coefficient (Wildman–Crippen LogP) is 1.11. The zero-order chi connectivity index (χ0) is 7.82. The molecular weight excluding hydrogens is 124 g/mol. The van der Waals surface area contributed by atoms with Crippen molar-refractivity contribution in [2.75, 3.05) is 13.6 Å². The van der Waals surface area contributed by atoms with Crippen molar-refractivity contribution in [2.45, 2.75) is 25.9 Å². The molecule has 0 spiro atoms. The monoisotopic (exact) mass is 142 g/mol. The topological polar surface area (TPSA) is 24.1 Å². The number of hydrogen-bond donors (Lipinski definition) is 2. The predicted molar refractivity (Wildman–Crippen MR) is 46.0 cm³/mol. The first-order valence-electron chi connectivity index (χ1n) is 3.86. The van der Waals surface area contributed by atoms with Gasteiger partial charge in [0.2, 0.25) is 0 Å². The molecule has 0 aliphatic heterocycles. The van der Waals surface area contributed by atoms with Gasteiger partial charge in [-0.2, -0.15) is 0 Å². The summed E-state index contributed by atoms with van der Waals surface area (Å²) < 4.78 is 0. The van der Waals surface area contributed by atoms with Crippen LogP contribution < -0.4 is 10.6 Å². The maximum absolute atomic E-state index is 3.68. The Kier molecular flexibility index (Phi) is 6.55. The van der Waals surface area contributed by atoms with Crippen LogP contribution >= 0.6 is 0 Å². The molecule has 0 aliphatic rings. The first kappa shape index (κ1) is 9.66. The first-order chi connectivity index (χ1) is 4.85. The van der Waals surface area contributed by atoms with E-state index in [0.717, 1.165) is 13.0 Å². The van der Waals surface area contributed by atoms with Crippen LogP contribution in [-0.2, 0) is 0 Å². The number of rotatable bonds is 6. The van der Waals surface area contributed by atoms with Crippen LogP contribution in [0.4, 0.5) is 0 Å². The molecule has 1 unspecified atom stereocenters. The summed E-state index contributed by atoms with van der Waals surface area (Å²) in [6.07, 6.45) is 4.48. The molecule has 0 aliphatic carbocycles. The van der Waals surface area contributed by atoms with Crippen LogP contribution in [0.25, 0.3) is 0 Å². The summed E-state index contributed by atoms with van der Waals surface area (Å²) >= 11 is 0. The highest BCUT2D eigenvalue weighted by molar-refractivity contribution is 4.74. The normalized spacial score (nSPS) is 13.0. The highest BCUT2D eigenvalue weighted by Gasteiger charge is 1.98. The zero-order valence-electron chi connectivity index (χ0n) is 6.98. The standard InChI is InChI=1S/C8H18N2/c1-4-6-8(9-3)10-7-5-2/h4,8-10H,1,5-7H2,2-3H3. The van der Waals surface area contributed by atoms with Gasteiger partial charge in [0, 0.05) is 0 Å². The average Bonchev–Trinajstić information content (AvgIpc) is 1.98. The molecule has 2 nitrogen and oxygen atoms in total. The summed E-state index contributed by atoms with van der Waals surface area (Å²) in [7, 11) is 1.96. The molecule has 0 heterocycles. The summed E-state index contributed by atoms with van der Waals surface area (Å²) in [4.78, 5) is 0. The summed E-state index contributed by atoms with van der Waals surface area (Å²) in [6.45, 7) is 6.91. The van der Waals surface area contributed by atoms with E-state index >= 15 is 0 Å². The van der Waals surface area contributed by atoms with E-state index in [-0.39, 0.29) is 0 Å². The van der Waals surface area contributed by atoms with Gasteiger partial charge in [-0.25, -0.2) is 0 Å². The highest BCUT2D eigenvalue weighted by Crippen LogP contribution is 1.86.